The molecule has 0 radical (unpaired) electrons. The van der Waals surface area contributed by atoms with Gasteiger partial charge in [0.15, 0.2) is 0 Å². The second-order valence-corrected chi connectivity index (χ2v) is 5.05. The fourth-order valence-corrected chi connectivity index (χ4v) is 2.88. The highest BCUT2D eigenvalue weighted by Crippen LogP contribution is 2.48. The Morgan fingerprint density at radius 2 is 1.95 bits per heavy atom. The Hall–Kier alpha value is -1.62. The fourth-order valence-electron chi connectivity index (χ4n) is 2.88. The van der Waals surface area contributed by atoms with E-state index < -0.39 is 4.92 Å². The largest absolute Gasteiger partial charge is 0.490 e. The average molecular weight is 265 g/mol. The first-order valence-corrected chi connectivity index (χ1v) is 6.62. The number of benzene rings is 1. The molecule has 0 heterocycles. The van der Waals surface area contributed by atoms with Gasteiger partial charge in [0.05, 0.1) is 11.0 Å². The number of nitro groups is 1. The van der Waals surface area contributed by atoms with Crippen LogP contribution >= 0.6 is 0 Å². The fraction of sp³-hybridized carbons (Fsp3) is 0.571. The number of hydrogen-bond donors (Lipinski definition) is 1. The minimum Gasteiger partial charge on any atom is -0.490 e. The predicted molar refractivity (Wildman–Crippen MR) is 71.2 cm³/mol. The highest BCUT2D eigenvalue weighted by molar-refractivity contribution is 5.36. The Morgan fingerprint density at radius 3 is 2.37 bits per heavy atom. The first-order valence-electron chi connectivity index (χ1n) is 6.62. The van der Waals surface area contributed by atoms with Crippen molar-refractivity contribution in [2.45, 2.75) is 45.3 Å². The van der Waals surface area contributed by atoms with Crippen molar-refractivity contribution < 1.29 is 14.8 Å². The molecule has 2 rings (SSSR count). The summed E-state index contributed by atoms with van der Waals surface area (Å²) in [5, 5.41) is 20.5. The quantitative estimate of drug-likeness (QED) is 0.656. The first kappa shape index (κ1) is 13.8. The summed E-state index contributed by atoms with van der Waals surface area (Å²) >= 11 is 0. The van der Waals surface area contributed by atoms with Crippen LogP contribution in [0.2, 0.25) is 0 Å². The van der Waals surface area contributed by atoms with Gasteiger partial charge in [0.2, 0.25) is 0 Å². The van der Waals surface area contributed by atoms with Gasteiger partial charge in [-0.05, 0) is 25.0 Å². The van der Waals surface area contributed by atoms with Crippen molar-refractivity contribution in [3.63, 3.8) is 0 Å². The third-order valence-corrected chi connectivity index (χ3v) is 4.38. The molecule has 0 spiro atoms. The zero-order valence-electron chi connectivity index (χ0n) is 11.2. The van der Waals surface area contributed by atoms with Gasteiger partial charge in [-0.15, -0.1) is 0 Å². The molecule has 5 nitrogen and oxygen atoms in total. The second kappa shape index (κ2) is 5.17. The molecule has 0 amide bonds. The van der Waals surface area contributed by atoms with Crippen LogP contribution in [0.1, 0.15) is 33.1 Å². The van der Waals surface area contributed by atoms with Gasteiger partial charge in [0.1, 0.15) is 11.9 Å². The number of aliphatic hydroxyl groups is 1. The smallest absolute Gasteiger partial charge is 0.269 e. The van der Waals surface area contributed by atoms with Gasteiger partial charge in [-0.2, -0.15) is 0 Å². The molecule has 1 saturated carbocycles. The van der Waals surface area contributed by atoms with E-state index in [0.717, 1.165) is 12.8 Å². The van der Waals surface area contributed by atoms with Crippen LogP contribution in [-0.2, 0) is 0 Å². The molecular formula is C14H19NO4. The summed E-state index contributed by atoms with van der Waals surface area (Å²) in [6.07, 6.45) is 2.02. The van der Waals surface area contributed by atoms with E-state index in [1.165, 1.54) is 12.1 Å². The monoisotopic (exact) mass is 265 g/mol. The van der Waals surface area contributed by atoms with E-state index >= 15 is 0 Å². The van der Waals surface area contributed by atoms with Crippen LogP contribution < -0.4 is 4.74 Å². The molecule has 1 aliphatic rings. The molecule has 0 saturated heterocycles. The normalized spacial score (nSPS) is 24.6. The van der Waals surface area contributed by atoms with Crippen molar-refractivity contribution in [1.82, 2.24) is 0 Å². The van der Waals surface area contributed by atoms with E-state index in [2.05, 4.69) is 13.8 Å². The maximum atomic E-state index is 10.6. The van der Waals surface area contributed by atoms with Gasteiger partial charge in [-0.1, -0.05) is 13.8 Å². The van der Waals surface area contributed by atoms with E-state index in [0.29, 0.717) is 12.2 Å². The second-order valence-electron chi connectivity index (χ2n) is 5.05. The lowest BCUT2D eigenvalue weighted by Crippen LogP contribution is -2.59. The van der Waals surface area contributed by atoms with Gasteiger partial charge >= 0.3 is 0 Å². The zero-order valence-corrected chi connectivity index (χ0v) is 11.2. The molecule has 1 fully saturated rings. The average Bonchev–Trinajstić information content (AvgIpc) is 2.40. The van der Waals surface area contributed by atoms with E-state index in [-0.39, 0.29) is 23.3 Å². The number of rotatable bonds is 5. The summed E-state index contributed by atoms with van der Waals surface area (Å²) in [6, 6.07) is 6.09. The SMILES string of the molecule is CCC1(CC)C(O)CC1Oc1ccc([N+](=O)[O-])cc1. The zero-order chi connectivity index (χ0) is 14.0. The van der Waals surface area contributed by atoms with Crippen LogP contribution in [0, 0.1) is 15.5 Å². The molecule has 0 aromatic heterocycles. The van der Waals surface area contributed by atoms with Crippen LogP contribution in [-0.4, -0.2) is 22.2 Å². The molecular weight excluding hydrogens is 246 g/mol. The minimum atomic E-state index is -0.431. The number of aliphatic hydroxyl groups excluding tert-OH is 1. The molecule has 2 unspecified atom stereocenters. The van der Waals surface area contributed by atoms with Crippen molar-refractivity contribution in [3.8, 4) is 5.75 Å². The Bertz CT molecular complexity index is 453. The summed E-state index contributed by atoms with van der Waals surface area (Å²) < 4.78 is 5.87. The molecule has 2 atom stereocenters. The predicted octanol–water partition coefficient (Wildman–Crippen LogP) is 2.91. The Kier molecular flexibility index (Phi) is 3.75. The van der Waals surface area contributed by atoms with Crippen molar-refractivity contribution >= 4 is 5.69 Å². The summed E-state index contributed by atoms with van der Waals surface area (Å²) in [5.74, 6) is 0.619. The number of hydrogen-bond acceptors (Lipinski definition) is 4. The molecule has 1 aromatic rings. The summed E-state index contributed by atoms with van der Waals surface area (Å²) in [7, 11) is 0. The molecule has 0 aliphatic heterocycles. The highest BCUT2D eigenvalue weighted by atomic mass is 16.6. The van der Waals surface area contributed by atoms with E-state index in [1.54, 1.807) is 12.1 Å². The van der Waals surface area contributed by atoms with Crippen LogP contribution in [0.5, 0.6) is 5.75 Å². The van der Waals surface area contributed by atoms with Gasteiger partial charge in [0.25, 0.3) is 5.69 Å². The van der Waals surface area contributed by atoms with E-state index in [1.807, 2.05) is 0 Å². The maximum Gasteiger partial charge on any atom is 0.269 e. The molecule has 5 heteroatoms. The van der Waals surface area contributed by atoms with E-state index in [9.17, 15) is 15.2 Å². The molecule has 104 valence electrons. The van der Waals surface area contributed by atoms with Crippen LogP contribution in [0.15, 0.2) is 24.3 Å². The lowest BCUT2D eigenvalue weighted by molar-refractivity contribution is -0.384. The summed E-state index contributed by atoms with van der Waals surface area (Å²) in [5.41, 5.74) is -0.125. The van der Waals surface area contributed by atoms with Crippen molar-refractivity contribution in [2.24, 2.45) is 5.41 Å². The third-order valence-electron chi connectivity index (χ3n) is 4.38. The van der Waals surface area contributed by atoms with Crippen LogP contribution in [0.4, 0.5) is 5.69 Å². The number of nitro benzene ring substituents is 1. The van der Waals surface area contributed by atoms with Crippen LogP contribution in [0.3, 0.4) is 0 Å². The van der Waals surface area contributed by atoms with Crippen molar-refractivity contribution in [3.05, 3.63) is 34.4 Å². The standard InChI is InChI=1S/C14H19NO4/c1-3-14(4-2)12(16)9-13(14)19-11-7-5-10(6-8-11)15(17)18/h5-8,12-13,16H,3-4,9H2,1-2H3. The van der Waals surface area contributed by atoms with Gasteiger partial charge < -0.3 is 9.84 Å². The number of non-ortho nitro benzene ring substituents is 1. The molecule has 0 bridgehead atoms. The molecule has 1 N–H and O–H groups in total. The lowest BCUT2D eigenvalue weighted by atomic mass is 9.60. The van der Waals surface area contributed by atoms with Gasteiger partial charge in [-0.3, -0.25) is 10.1 Å². The summed E-state index contributed by atoms with van der Waals surface area (Å²) in [4.78, 5) is 10.1. The van der Waals surface area contributed by atoms with Gasteiger partial charge in [-0.25, -0.2) is 0 Å². The Morgan fingerprint density at radius 1 is 1.37 bits per heavy atom. The number of nitrogens with zero attached hydrogens (tertiary/aromatic N) is 1. The lowest BCUT2D eigenvalue weighted by Gasteiger charge is -2.52. The topological polar surface area (TPSA) is 72.6 Å². The van der Waals surface area contributed by atoms with E-state index in [4.69, 9.17) is 4.74 Å². The molecule has 19 heavy (non-hydrogen) atoms. The van der Waals surface area contributed by atoms with Gasteiger partial charge in [0, 0.05) is 24.0 Å². The Balaban J connectivity index is 2.07. The first-order chi connectivity index (χ1) is 9.03. The molecule has 1 aliphatic carbocycles. The van der Waals surface area contributed by atoms with Crippen LogP contribution in [0.25, 0.3) is 0 Å². The number of ether oxygens (including phenoxy) is 1. The molecule has 1 aromatic carbocycles. The summed E-state index contributed by atoms with van der Waals surface area (Å²) in [6.45, 7) is 4.11. The highest BCUT2D eigenvalue weighted by Gasteiger charge is 2.53. The van der Waals surface area contributed by atoms with Crippen molar-refractivity contribution in [2.75, 3.05) is 0 Å². The maximum absolute atomic E-state index is 10.6. The van der Waals surface area contributed by atoms with Crippen molar-refractivity contribution in [1.29, 1.82) is 0 Å². The Labute approximate surface area is 112 Å². The third kappa shape index (κ3) is 2.30. The minimum absolute atomic E-state index is 0.0149.